The molecule has 0 spiro atoms. The van der Waals surface area contributed by atoms with Gasteiger partial charge in [0.1, 0.15) is 5.69 Å². The Hall–Kier alpha value is -3.43. The second-order valence-electron chi connectivity index (χ2n) is 5.24. The predicted octanol–water partition coefficient (Wildman–Crippen LogP) is 2.57. The number of anilines is 1. The van der Waals surface area contributed by atoms with Gasteiger partial charge in [0.25, 0.3) is 5.95 Å². The van der Waals surface area contributed by atoms with E-state index in [2.05, 4.69) is 20.4 Å². The molecule has 2 N–H and O–H groups in total. The van der Waals surface area contributed by atoms with Gasteiger partial charge in [0.05, 0.1) is 18.2 Å². The fourth-order valence-electron chi connectivity index (χ4n) is 2.27. The second kappa shape index (κ2) is 6.82. The summed E-state index contributed by atoms with van der Waals surface area (Å²) in [6.45, 7) is 0. The molecule has 0 fully saturated rings. The Bertz CT molecular complexity index is 926. The zero-order valence-corrected chi connectivity index (χ0v) is 13.1. The maximum absolute atomic E-state index is 13.0. The van der Waals surface area contributed by atoms with Crippen molar-refractivity contribution < 1.29 is 23.1 Å². The molecule has 26 heavy (non-hydrogen) atoms. The van der Waals surface area contributed by atoms with Crippen molar-refractivity contribution in [1.82, 2.24) is 19.7 Å². The van der Waals surface area contributed by atoms with Gasteiger partial charge in [-0.15, -0.1) is 0 Å². The van der Waals surface area contributed by atoms with Crippen LogP contribution in [0.15, 0.2) is 48.9 Å². The topological polar surface area (TPSA) is 92.9 Å². The van der Waals surface area contributed by atoms with Gasteiger partial charge in [0.2, 0.25) is 11.8 Å². The second-order valence-corrected chi connectivity index (χ2v) is 5.24. The molecule has 3 aromatic rings. The van der Waals surface area contributed by atoms with E-state index in [1.807, 2.05) is 0 Å². The first-order valence-corrected chi connectivity index (χ1v) is 7.35. The molecule has 0 saturated heterocycles. The number of benzene rings is 1. The lowest BCUT2D eigenvalue weighted by Gasteiger charge is -2.13. The Morgan fingerprint density at radius 2 is 2.00 bits per heavy atom. The van der Waals surface area contributed by atoms with E-state index in [4.69, 9.17) is 0 Å². The summed E-state index contributed by atoms with van der Waals surface area (Å²) >= 11 is 0. The average molecular weight is 363 g/mol. The Labute approximate surface area is 145 Å². The summed E-state index contributed by atoms with van der Waals surface area (Å²) in [4.78, 5) is 19.8. The molecule has 0 bridgehead atoms. The first-order chi connectivity index (χ1) is 12.3. The quantitative estimate of drug-likeness (QED) is 0.743. The van der Waals surface area contributed by atoms with Crippen molar-refractivity contribution in [2.75, 3.05) is 5.32 Å². The van der Waals surface area contributed by atoms with Crippen molar-refractivity contribution in [3.63, 3.8) is 0 Å². The van der Waals surface area contributed by atoms with E-state index < -0.39 is 29.9 Å². The van der Waals surface area contributed by atoms with Crippen LogP contribution in [0.2, 0.25) is 0 Å². The summed E-state index contributed by atoms with van der Waals surface area (Å²) in [7, 11) is 0. The van der Waals surface area contributed by atoms with Gasteiger partial charge in [-0.1, -0.05) is 18.2 Å². The number of aromatic nitrogens is 4. The summed E-state index contributed by atoms with van der Waals surface area (Å²) in [6, 6.07) is 6.42. The first-order valence-electron chi connectivity index (χ1n) is 7.35. The first kappa shape index (κ1) is 17.4. The van der Waals surface area contributed by atoms with Gasteiger partial charge >= 0.3 is 6.18 Å². The standard InChI is InChI=1S/C16H12F3N5O2/c17-16(18,19)11-5-2-1-4-10(11)8-13(25)22-12-9-20-15(23-14(12)26)24-7-3-6-21-24/h1-7,9H,8H2,(H,22,25)(H,20,23,26). The lowest BCUT2D eigenvalue weighted by molar-refractivity contribution is -0.138. The molecule has 0 aliphatic heterocycles. The molecule has 0 saturated carbocycles. The number of amides is 1. The van der Waals surface area contributed by atoms with Gasteiger partial charge in [-0.05, 0) is 17.7 Å². The number of rotatable bonds is 4. The molecule has 2 aromatic heterocycles. The molecule has 7 nitrogen and oxygen atoms in total. The Balaban J connectivity index is 1.75. The zero-order valence-electron chi connectivity index (χ0n) is 13.1. The van der Waals surface area contributed by atoms with Crippen LogP contribution >= 0.6 is 0 Å². The minimum atomic E-state index is -4.56. The molecule has 134 valence electrons. The number of carbonyl (C=O) groups is 1. The van der Waals surface area contributed by atoms with Crippen molar-refractivity contribution in [3.8, 4) is 11.8 Å². The monoisotopic (exact) mass is 363 g/mol. The minimum absolute atomic E-state index is 0.0768. The highest BCUT2D eigenvalue weighted by Gasteiger charge is 2.33. The normalized spacial score (nSPS) is 11.3. The number of halogens is 3. The van der Waals surface area contributed by atoms with E-state index >= 15 is 0 Å². The highest BCUT2D eigenvalue weighted by molar-refractivity contribution is 5.93. The molecule has 1 amide bonds. The van der Waals surface area contributed by atoms with E-state index in [1.165, 1.54) is 29.1 Å². The maximum Gasteiger partial charge on any atom is 0.416 e. The van der Waals surface area contributed by atoms with Crippen molar-refractivity contribution in [2.24, 2.45) is 0 Å². The maximum atomic E-state index is 13.0. The van der Waals surface area contributed by atoms with Crippen molar-refractivity contribution >= 4 is 11.6 Å². The number of nitrogens with zero attached hydrogens (tertiary/aromatic N) is 4. The third kappa shape index (κ3) is 3.79. The number of aromatic hydroxyl groups is 1. The summed E-state index contributed by atoms with van der Waals surface area (Å²) < 4.78 is 40.2. The van der Waals surface area contributed by atoms with Crippen LogP contribution in [0, 0.1) is 0 Å². The highest BCUT2D eigenvalue weighted by atomic mass is 19.4. The van der Waals surface area contributed by atoms with Gasteiger partial charge in [-0.25, -0.2) is 9.67 Å². The SMILES string of the molecule is O=C(Cc1ccccc1C(F)(F)F)Nc1cnc(-n2cccn2)nc1O. The lowest BCUT2D eigenvalue weighted by Crippen LogP contribution is -2.18. The molecule has 0 aliphatic carbocycles. The van der Waals surface area contributed by atoms with Crippen LogP contribution in [-0.4, -0.2) is 30.8 Å². The average Bonchev–Trinajstić information content (AvgIpc) is 3.11. The van der Waals surface area contributed by atoms with Crippen molar-refractivity contribution in [3.05, 3.63) is 60.0 Å². The molecular formula is C16H12F3N5O2. The fraction of sp³-hybridized carbons (Fsp3) is 0.125. The highest BCUT2D eigenvalue weighted by Crippen LogP contribution is 2.32. The van der Waals surface area contributed by atoms with E-state index in [0.717, 1.165) is 12.3 Å². The van der Waals surface area contributed by atoms with Gasteiger partial charge in [-0.2, -0.15) is 23.3 Å². The van der Waals surface area contributed by atoms with Gasteiger partial charge < -0.3 is 10.4 Å². The number of carbonyl (C=O) groups excluding carboxylic acids is 1. The molecule has 10 heteroatoms. The van der Waals surface area contributed by atoms with Crippen molar-refractivity contribution in [1.29, 1.82) is 0 Å². The Morgan fingerprint density at radius 3 is 2.65 bits per heavy atom. The zero-order chi connectivity index (χ0) is 18.7. The summed E-state index contributed by atoms with van der Waals surface area (Å²) in [5.74, 6) is -1.19. The van der Waals surface area contributed by atoms with Crippen molar-refractivity contribution in [2.45, 2.75) is 12.6 Å². The van der Waals surface area contributed by atoms with Crippen LogP contribution < -0.4 is 5.32 Å². The molecular weight excluding hydrogens is 351 g/mol. The third-order valence-electron chi connectivity index (χ3n) is 3.41. The molecule has 0 radical (unpaired) electrons. The molecule has 2 heterocycles. The molecule has 1 aromatic carbocycles. The Kier molecular flexibility index (Phi) is 4.57. The van der Waals surface area contributed by atoms with Gasteiger partial charge in [-0.3, -0.25) is 4.79 Å². The molecule has 0 unspecified atom stereocenters. The Morgan fingerprint density at radius 1 is 1.23 bits per heavy atom. The number of alkyl halides is 3. The fourth-order valence-corrected chi connectivity index (χ4v) is 2.27. The van der Waals surface area contributed by atoms with Gasteiger partial charge in [0, 0.05) is 12.4 Å². The summed E-state index contributed by atoms with van der Waals surface area (Å²) in [5, 5.41) is 16.1. The van der Waals surface area contributed by atoms with Crippen LogP contribution in [0.3, 0.4) is 0 Å². The molecule has 3 rings (SSSR count). The molecule has 0 atom stereocenters. The predicted molar refractivity (Wildman–Crippen MR) is 84.6 cm³/mol. The number of hydrogen-bond acceptors (Lipinski definition) is 5. The van der Waals surface area contributed by atoms with Crippen LogP contribution in [0.1, 0.15) is 11.1 Å². The minimum Gasteiger partial charge on any atom is -0.492 e. The van der Waals surface area contributed by atoms with E-state index in [1.54, 1.807) is 12.3 Å². The van der Waals surface area contributed by atoms with Crippen LogP contribution in [0.25, 0.3) is 5.95 Å². The van der Waals surface area contributed by atoms with E-state index in [-0.39, 0.29) is 17.2 Å². The number of hydrogen-bond donors (Lipinski definition) is 2. The number of nitrogens with one attached hydrogen (secondary N) is 1. The third-order valence-corrected chi connectivity index (χ3v) is 3.41. The smallest absolute Gasteiger partial charge is 0.416 e. The van der Waals surface area contributed by atoms with Gasteiger partial charge in [0.15, 0.2) is 0 Å². The summed E-state index contributed by atoms with van der Waals surface area (Å²) in [5.41, 5.74) is -1.17. The lowest BCUT2D eigenvalue weighted by atomic mass is 10.0. The van der Waals surface area contributed by atoms with Crippen LogP contribution in [0.5, 0.6) is 5.88 Å². The van der Waals surface area contributed by atoms with E-state index in [0.29, 0.717) is 0 Å². The van der Waals surface area contributed by atoms with Crippen LogP contribution in [-0.2, 0) is 17.4 Å². The summed E-state index contributed by atoms with van der Waals surface area (Å²) in [6.07, 6.45) is -0.883. The van der Waals surface area contributed by atoms with Crippen LogP contribution in [0.4, 0.5) is 18.9 Å². The van der Waals surface area contributed by atoms with E-state index in [9.17, 15) is 23.1 Å². The molecule has 0 aliphatic rings. The largest absolute Gasteiger partial charge is 0.492 e.